The molecule has 0 aromatic heterocycles. The molecule has 0 rings (SSSR count). The van der Waals surface area contributed by atoms with Crippen molar-refractivity contribution in [3.05, 3.63) is 0 Å². The van der Waals surface area contributed by atoms with Gasteiger partial charge in [0.25, 0.3) is 0 Å². The number of oxime groups is 1. The highest BCUT2D eigenvalue weighted by atomic mass is 16.6. The topological polar surface area (TPSA) is 128 Å². The van der Waals surface area contributed by atoms with Crippen LogP contribution in [0.1, 0.15) is 34.1 Å². The molecule has 0 aliphatic carbocycles. The van der Waals surface area contributed by atoms with E-state index in [-0.39, 0.29) is 6.61 Å². The Kier molecular flexibility index (Phi) is 12.8. The lowest BCUT2D eigenvalue weighted by Crippen LogP contribution is -2.34. The van der Waals surface area contributed by atoms with E-state index < -0.39 is 18.0 Å². The van der Waals surface area contributed by atoms with Gasteiger partial charge in [0.2, 0.25) is 0 Å². The van der Waals surface area contributed by atoms with Crippen LogP contribution in [-0.2, 0) is 14.4 Å². The molecule has 1 atom stereocenters. The number of hydrogen-bond acceptors (Lipinski definition) is 6. The third kappa shape index (κ3) is 16.3. The number of nitrogens with zero attached hydrogens (tertiary/aromatic N) is 1. The van der Waals surface area contributed by atoms with Crippen molar-refractivity contribution in [2.45, 2.75) is 46.3 Å². The number of aliphatic carboxylic acids is 2. The summed E-state index contributed by atoms with van der Waals surface area (Å²) in [6.07, 6.45) is 0.381. The van der Waals surface area contributed by atoms with Crippen LogP contribution in [0.2, 0.25) is 0 Å². The van der Waals surface area contributed by atoms with Crippen molar-refractivity contribution < 1.29 is 29.7 Å². The number of carbonyl (C=O) groups is 2. The van der Waals surface area contributed by atoms with E-state index in [4.69, 9.17) is 24.6 Å². The molecule has 1 unspecified atom stereocenters. The lowest BCUT2D eigenvalue weighted by atomic mass is 10.3. The second kappa shape index (κ2) is 12.4. The predicted molar refractivity (Wildman–Crippen MR) is 73.8 cm³/mol. The van der Waals surface area contributed by atoms with Crippen LogP contribution < -0.4 is 5.32 Å². The van der Waals surface area contributed by atoms with E-state index in [2.05, 4.69) is 10.5 Å². The van der Waals surface area contributed by atoms with E-state index in [9.17, 15) is 5.11 Å². The molecule has 0 spiro atoms. The van der Waals surface area contributed by atoms with Gasteiger partial charge in [0.1, 0.15) is 12.7 Å². The summed E-state index contributed by atoms with van der Waals surface area (Å²) in [6, 6.07) is 0.380. The van der Waals surface area contributed by atoms with E-state index in [1.807, 2.05) is 27.7 Å². The molecule has 118 valence electrons. The van der Waals surface area contributed by atoms with Gasteiger partial charge in [-0.15, -0.1) is 0 Å². The van der Waals surface area contributed by atoms with Gasteiger partial charge < -0.3 is 25.5 Å². The smallest absolute Gasteiger partial charge is 0.414 e. The van der Waals surface area contributed by atoms with Crippen molar-refractivity contribution in [2.75, 3.05) is 13.2 Å². The van der Waals surface area contributed by atoms with E-state index in [1.54, 1.807) is 0 Å². The fraction of sp³-hybridized carbons (Fsp3) is 0.750. The van der Waals surface area contributed by atoms with E-state index >= 15 is 0 Å². The van der Waals surface area contributed by atoms with Crippen LogP contribution in [0.25, 0.3) is 0 Å². The Bertz CT molecular complexity index is 305. The maximum absolute atomic E-state index is 9.43. The molecular formula is C12H24N2O6. The van der Waals surface area contributed by atoms with Gasteiger partial charge in [-0.2, -0.15) is 0 Å². The van der Waals surface area contributed by atoms with Crippen molar-refractivity contribution >= 4 is 17.7 Å². The maximum atomic E-state index is 9.43. The first-order valence-corrected chi connectivity index (χ1v) is 6.23. The summed E-state index contributed by atoms with van der Waals surface area (Å²) in [5.74, 6) is -3.65. The number of rotatable bonds is 7. The first kappa shape index (κ1) is 20.6. The Hall–Kier alpha value is -1.67. The summed E-state index contributed by atoms with van der Waals surface area (Å²) in [7, 11) is 0. The third-order valence-electron chi connectivity index (χ3n) is 1.94. The monoisotopic (exact) mass is 292 g/mol. The fourth-order valence-electron chi connectivity index (χ4n) is 0.729. The van der Waals surface area contributed by atoms with Crippen LogP contribution in [0.4, 0.5) is 0 Å². The summed E-state index contributed by atoms with van der Waals surface area (Å²) in [6.45, 7) is 8.77. The van der Waals surface area contributed by atoms with Crippen LogP contribution >= 0.6 is 0 Å². The standard InChI is InChI=1S/C10H22N2O2.C2H2O4/c1-5-9(4)12-14-7-10(13)6-11-8(2)3;3-1(4)2(5)6/h8,10-11,13H,5-7H2,1-4H3;(H,3,4)(H,5,6)/b12-9-;. The zero-order valence-corrected chi connectivity index (χ0v) is 12.3. The lowest BCUT2D eigenvalue weighted by Gasteiger charge is -2.12. The zero-order chi connectivity index (χ0) is 16.1. The second-order valence-corrected chi connectivity index (χ2v) is 4.30. The van der Waals surface area contributed by atoms with Crippen LogP contribution in [0.5, 0.6) is 0 Å². The highest BCUT2D eigenvalue weighted by Crippen LogP contribution is 1.90. The van der Waals surface area contributed by atoms with E-state index in [0.29, 0.717) is 12.6 Å². The van der Waals surface area contributed by atoms with Crippen LogP contribution in [-0.4, -0.2) is 58.3 Å². The Morgan fingerprint density at radius 1 is 1.25 bits per heavy atom. The Morgan fingerprint density at radius 3 is 2.10 bits per heavy atom. The van der Waals surface area contributed by atoms with Crippen molar-refractivity contribution in [3.8, 4) is 0 Å². The molecule has 0 saturated heterocycles. The van der Waals surface area contributed by atoms with Gasteiger partial charge in [-0.25, -0.2) is 9.59 Å². The Morgan fingerprint density at radius 2 is 1.75 bits per heavy atom. The van der Waals surface area contributed by atoms with Gasteiger partial charge >= 0.3 is 11.9 Å². The molecule has 20 heavy (non-hydrogen) atoms. The highest BCUT2D eigenvalue weighted by Gasteiger charge is 2.05. The number of nitrogens with one attached hydrogen (secondary N) is 1. The Labute approximate surface area is 118 Å². The maximum Gasteiger partial charge on any atom is 0.414 e. The molecular weight excluding hydrogens is 268 g/mol. The molecule has 4 N–H and O–H groups in total. The molecule has 8 heteroatoms. The molecule has 0 heterocycles. The summed E-state index contributed by atoms with van der Waals surface area (Å²) in [5.41, 5.74) is 0.939. The molecule has 0 radical (unpaired) electrons. The summed E-state index contributed by atoms with van der Waals surface area (Å²) in [5, 5.41) is 31.2. The normalized spacial score (nSPS) is 12.4. The van der Waals surface area contributed by atoms with Gasteiger partial charge in [-0.05, 0) is 13.3 Å². The molecule has 0 aliphatic heterocycles. The molecule has 0 aliphatic rings. The van der Waals surface area contributed by atoms with Crippen LogP contribution in [0.3, 0.4) is 0 Å². The SMILES string of the molecule is CC/C(C)=N\OCC(O)CNC(C)C.O=C(O)C(=O)O. The van der Waals surface area contributed by atoms with Gasteiger partial charge in [-0.3, -0.25) is 0 Å². The minimum absolute atomic E-state index is 0.247. The number of hydrogen-bond donors (Lipinski definition) is 4. The quantitative estimate of drug-likeness (QED) is 0.302. The minimum Gasteiger partial charge on any atom is -0.473 e. The van der Waals surface area contributed by atoms with Crippen LogP contribution in [0.15, 0.2) is 5.16 Å². The summed E-state index contributed by atoms with van der Waals surface area (Å²) in [4.78, 5) is 23.2. The average Bonchev–Trinajstić information content (AvgIpc) is 2.36. The molecule has 0 amide bonds. The number of aliphatic hydroxyl groups excluding tert-OH is 1. The molecule has 0 aromatic rings. The van der Waals surface area contributed by atoms with Gasteiger partial charge in [0, 0.05) is 12.6 Å². The minimum atomic E-state index is -1.82. The summed E-state index contributed by atoms with van der Waals surface area (Å²) >= 11 is 0. The molecule has 0 bridgehead atoms. The number of aliphatic hydroxyl groups is 1. The van der Waals surface area contributed by atoms with Crippen molar-refractivity contribution in [1.82, 2.24) is 5.32 Å². The van der Waals surface area contributed by atoms with E-state index in [1.165, 1.54) is 0 Å². The molecule has 8 nitrogen and oxygen atoms in total. The second-order valence-electron chi connectivity index (χ2n) is 4.30. The summed E-state index contributed by atoms with van der Waals surface area (Å²) < 4.78 is 0. The fourth-order valence-corrected chi connectivity index (χ4v) is 0.729. The van der Waals surface area contributed by atoms with Crippen molar-refractivity contribution in [1.29, 1.82) is 0 Å². The molecule has 0 saturated carbocycles. The number of carboxylic acid groups (broad SMARTS) is 2. The first-order valence-electron chi connectivity index (χ1n) is 6.23. The third-order valence-corrected chi connectivity index (χ3v) is 1.94. The van der Waals surface area contributed by atoms with Gasteiger partial charge in [-0.1, -0.05) is 25.9 Å². The van der Waals surface area contributed by atoms with Gasteiger partial charge in [0.05, 0.1) is 5.71 Å². The Balaban J connectivity index is 0. The molecule has 0 aromatic carbocycles. The predicted octanol–water partition coefficient (Wildman–Crippen LogP) is 0.303. The number of carboxylic acids is 2. The van der Waals surface area contributed by atoms with E-state index in [0.717, 1.165) is 12.1 Å². The highest BCUT2D eigenvalue weighted by molar-refractivity contribution is 6.27. The molecule has 0 fully saturated rings. The van der Waals surface area contributed by atoms with Crippen molar-refractivity contribution in [3.63, 3.8) is 0 Å². The largest absolute Gasteiger partial charge is 0.473 e. The lowest BCUT2D eigenvalue weighted by molar-refractivity contribution is -0.159. The zero-order valence-electron chi connectivity index (χ0n) is 12.3. The van der Waals surface area contributed by atoms with Gasteiger partial charge in [0.15, 0.2) is 0 Å². The first-order chi connectivity index (χ1) is 9.20. The van der Waals surface area contributed by atoms with Crippen LogP contribution in [0, 0.1) is 0 Å². The average molecular weight is 292 g/mol. The van der Waals surface area contributed by atoms with Crippen molar-refractivity contribution in [2.24, 2.45) is 5.16 Å².